The molecular weight excluding hydrogens is 216 g/mol. The lowest BCUT2D eigenvalue weighted by atomic mass is 9.88. The van der Waals surface area contributed by atoms with Crippen LogP contribution in [0.15, 0.2) is 0 Å². The molecule has 0 spiro atoms. The molecule has 102 valence electrons. The first-order valence-corrected chi connectivity index (χ1v) is 6.61. The summed E-state index contributed by atoms with van der Waals surface area (Å²) in [5, 5.41) is 3.35. The van der Waals surface area contributed by atoms with E-state index in [0.717, 1.165) is 38.1 Å². The number of nitrogens with one attached hydrogen (secondary N) is 1. The van der Waals surface area contributed by atoms with Crippen molar-refractivity contribution in [1.29, 1.82) is 0 Å². The Morgan fingerprint density at radius 1 is 1.24 bits per heavy atom. The van der Waals surface area contributed by atoms with Crippen molar-refractivity contribution in [1.82, 2.24) is 10.2 Å². The normalized spacial score (nSPS) is 20.3. The smallest absolute Gasteiger partial charge is 0.0615 e. The van der Waals surface area contributed by atoms with Crippen LogP contribution in [0.5, 0.6) is 0 Å². The average molecular weight is 244 g/mol. The van der Waals surface area contributed by atoms with Crippen molar-refractivity contribution in [2.75, 3.05) is 53.6 Å². The molecule has 2 unspecified atom stereocenters. The van der Waals surface area contributed by atoms with Gasteiger partial charge in [-0.25, -0.2) is 0 Å². The molecule has 0 bridgehead atoms. The summed E-state index contributed by atoms with van der Waals surface area (Å²) in [6, 6.07) is 0.464. The predicted molar refractivity (Wildman–Crippen MR) is 70.3 cm³/mol. The van der Waals surface area contributed by atoms with E-state index in [9.17, 15) is 0 Å². The minimum absolute atomic E-state index is 0.464. The van der Waals surface area contributed by atoms with Crippen LogP contribution in [0, 0.1) is 11.8 Å². The second-order valence-electron chi connectivity index (χ2n) is 5.19. The summed E-state index contributed by atoms with van der Waals surface area (Å²) < 4.78 is 10.4. The van der Waals surface area contributed by atoms with Crippen molar-refractivity contribution in [3.05, 3.63) is 0 Å². The lowest BCUT2D eigenvalue weighted by Gasteiger charge is -2.37. The SMILES string of the molecule is COCCN(CC(C)C1CNC1)C(C)COC. The summed E-state index contributed by atoms with van der Waals surface area (Å²) in [7, 11) is 3.53. The summed E-state index contributed by atoms with van der Waals surface area (Å²) in [6.45, 7) is 10.7. The number of rotatable bonds is 9. The third-order valence-corrected chi connectivity index (χ3v) is 3.75. The molecule has 1 rings (SSSR count). The first-order chi connectivity index (χ1) is 8.19. The highest BCUT2D eigenvalue weighted by atomic mass is 16.5. The number of hydrogen-bond donors (Lipinski definition) is 1. The Bertz CT molecular complexity index is 198. The van der Waals surface area contributed by atoms with E-state index in [1.807, 2.05) is 0 Å². The highest BCUT2D eigenvalue weighted by Gasteiger charge is 2.26. The van der Waals surface area contributed by atoms with Gasteiger partial charge in [-0.1, -0.05) is 6.92 Å². The number of methoxy groups -OCH3 is 2. The molecular formula is C13H28N2O2. The number of ether oxygens (including phenoxy) is 2. The maximum Gasteiger partial charge on any atom is 0.0615 e. The summed E-state index contributed by atoms with van der Waals surface area (Å²) in [4.78, 5) is 2.48. The molecule has 1 fully saturated rings. The van der Waals surface area contributed by atoms with Gasteiger partial charge in [0.15, 0.2) is 0 Å². The van der Waals surface area contributed by atoms with E-state index in [2.05, 4.69) is 24.1 Å². The van der Waals surface area contributed by atoms with E-state index >= 15 is 0 Å². The molecule has 0 aromatic heterocycles. The molecule has 2 atom stereocenters. The lowest BCUT2D eigenvalue weighted by Crippen LogP contribution is -2.50. The molecule has 1 saturated heterocycles. The Hall–Kier alpha value is -0.160. The second-order valence-corrected chi connectivity index (χ2v) is 5.19. The third kappa shape index (κ3) is 4.92. The molecule has 0 saturated carbocycles. The molecule has 0 aliphatic carbocycles. The summed E-state index contributed by atoms with van der Waals surface area (Å²) in [5.74, 6) is 1.59. The Morgan fingerprint density at radius 3 is 2.41 bits per heavy atom. The lowest BCUT2D eigenvalue weighted by molar-refractivity contribution is 0.0552. The van der Waals surface area contributed by atoms with E-state index in [0.29, 0.717) is 6.04 Å². The predicted octanol–water partition coefficient (Wildman–Crippen LogP) is 0.825. The van der Waals surface area contributed by atoms with E-state index in [4.69, 9.17) is 9.47 Å². The fraction of sp³-hybridized carbons (Fsp3) is 1.00. The molecule has 1 aliphatic rings. The molecule has 0 amide bonds. The van der Waals surface area contributed by atoms with Crippen LogP contribution in [0.2, 0.25) is 0 Å². The second kappa shape index (κ2) is 8.03. The van der Waals surface area contributed by atoms with Crippen LogP contribution in [-0.2, 0) is 9.47 Å². The molecule has 17 heavy (non-hydrogen) atoms. The largest absolute Gasteiger partial charge is 0.383 e. The monoisotopic (exact) mass is 244 g/mol. The maximum atomic E-state index is 5.25. The van der Waals surface area contributed by atoms with Gasteiger partial charge in [0.25, 0.3) is 0 Å². The maximum absolute atomic E-state index is 5.25. The van der Waals surface area contributed by atoms with Crippen LogP contribution in [0.4, 0.5) is 0 Å². The van der Waals surface area contributed by atoms with E-state index in [1.165, 1.54) is 13.1 Å². The molecule has 1 aliphatic heterocycles. The molecule has 1 heterocycles. The van der Waals surface area contributed by atoms with Crippen LogP contribution >= 0.6 is 0 Å². The van der Waals surface area contributed by atoms with Crippen molar-refractivity contribution in [3.8, 4) is 0 Å². The third-order valence-electron chi connectivity index (χ3n) is 3.75. The zero-order valence-corrected chi connectivity index (χ0v) is 11.7. The van der Waals surface area contributed by atoms with Crippen LogP contribution in [-0.4, -0.2) is 64.6 Å². The summed E-state index contributed by atoms with van der Waals surface area (Å²) in [5.41, 5.74) is 0. The van der Waals surface area contributed by atoms with Gasteiger partial charge in [0.2, 0.25) is 0 Å². The van der Waals surface area contributed by atoms with Crippen molar-refractivity contribution >= 4 is 0 Å². The Labute approximate surface area is 106 Å². The highest BCUT2D eigenvalue weighted by molar-refractivity contribution is 4.82. The molecule has 0 aromatic rings. The molecule has 1 N–H and O–H groups in total. The number of nitrogens with zero attached hydrogens (tertiary/aromatic N) is 1. The summed E-state index contributed by atoms with van der Waals surface area (Å²) >= 11 is 0. The van der Waals surface area contributed by atoms with E-state index in [-0.39, 0.29) is 0 Å². The van der Waals surface area contributed by atoms with E-state index < -0.39 is 0 Å². The van der Waals surface area contributed by atoms with Gasteiger partial charge in [0, 0.05) is 33.4 Å². The van der Waals surface area contributed by atoms with Crippen LogP contribution < -0.4 is 5.32 Å². The van der Waals surface area contributed by atoms with Crippen molar-refractivity contribution in [2.45, 2.75) is 19.9 Å². The fourth-order valence-corrected chi connectivity index (χ4v) is 2.28. The first-order valence-electron chi connectivity index (χ1n) is 6.61. The van der Waals surface area contributed by atoms with Crippen LogP contribution in [0.1, 0.15) is 13.8 Å². The minimum Gasteiger partial charge on any atom is -0.383 e. The van der Waals surface area contributed by atoms with Crippen LogP contribution in [0.25, 0.3) is 0 Å². The van der Waals surface area contributed by atoms with Gasteiger partial charge < -0.3 is 14.8 Å². The van der Waals surface area contributed by atoms with Crippen LogP contribution in [0.3, 0.4) is 0 Å². The zero-order chi connectivity index (χ0) is 12.7. The van der Waals surface area contributed by atoms with Gasteiger partial charge in [-0.15, -0.1) is 0 Å². The highest BCUT2D eigenvalue weighted by Crippen LogP contribution is 2.18. The van der Waals surface area contributed by atoms with Gasteiger partial charge in [-0.2, -0.15) is 0 Å². The summed E-state index contributed by atoms with van der Waals surface area (Å²) in [6.07, 6.45) is 0. The molecule has 4 heteroatoms. The van der Waals surface area contributed by atoms with Gasteiger partial charge in [-0.3, -0.25) is 4.90 Å². The number of hydrogen-bond acceptors (Lipinski definition) is 4. The van der Waals surface area contributed by atoms with Gasteiger partial charge in [-0.05, 0) is 31.8 Å². The Kier molecular flexibility index (Phi) is 7.04. The van der Waals surface area contributed by atoms with Crippen molar-refractivity contribution < 1.29 is 9.47 Å². The van der Waals surface area contributed by atoms with Crippen molar-refractivity contribution in [2.24, 2.45) is 11.8 Å². The fourth-order valence-electron chi connectivity index (χ4n) is 2.28. The standard InChI is InChI=1S/C13H28N2O2/c1-11(13-7-14-8-13)9-15(5-6-16-3)12(2)10-17-4/h11-14H,5-10H2,1-4H3. The molecule has 0 radical (unpaired) electrons. The molecule has 0 aromatic carbocycles. The minimum atomic E-state index is 0.464. The average Bonchev–Trinajstić information content (AvgIpc) is 2.21. The van der Waals surface area contributed by atoms with Gasteiger partial charge in [0.05, 0.1) is 13.2 Å². The van der Waals surface area contributed by atoms with Gasteiger partial charge in [0.1, 0.15) is 0 Å². The Morgan fingerprint density at radius 2 is 1.94 bits per heavy atom. The topological polar surface area (TPSA) is 33.7 Å². The van der Waals surface area contributed by atoms with Gasteiger partial charge >= 0.3 is 0 Å². The van der Waals surface area contributed by atoms with Crippen molar-refractivity contribution in [3.63, 3.8) is 0 Å². The molecule has 4 nitrogen and oxygen atoms in total. The zero-order valence-electron chi connectivity index (χ0n) is 11.7. The Balaban J connectivity index is 2.37. The quantitative estimate of drug-likeness (QED) is 0.651. The van der Waals surface area contributed by atoms with E-state index in [1.54, 1.807) is 14.2 Å². The first kappa shape index (κ1) is 14.9.